The van der Waals surface area contributed by atoms with E-state index in [0.29, 0.717) is 0 Å². The zero-order valence-electron chi connectivity index (χ0n) is 7.78. The van der Waals surface area contributed by atoms with E-state index in [1.54, 1.807) is 0 Å². The van der Waals surface area contributed by atoms with E-state index < -0.39 is 24.0 Å². The van der Waals surface area contributed by atoms with E-state index in [-0.39, 0.29) is 8.52 Å². The van der Waals surface area contributed by atoms with E-state index in [1.165, 1.54) is 0 Å². The number of hydrogen-bond acceptors (Lipinski definition) is 3. The Labute approximate surface area is 89.1 Å². The van der Waals surface area contributed by atoms with Crippen molar-refractivity contribution in [2.24, 2.45) is 19.1 Å². The van der Waals surface area contributed by atoms with Crippen molar-refractivity contribution in [3.05, 3.63) is 0 Å². The zero-order chi connectivity index (χ0) is 11.9. The van der Waals surface area contributed by atoms with Gasteiger partial charge in [0.1, 0.15) is 0 Å². The topological polar surface area (TPSA) is 105 Å². The number of nitrogens with one attached hydrogen (secondary N) is 1. The first kappa shape index (κ1) is 15.4. The van der Waals surface area contributed by atoms with Crippen LogP contribution < -0.4 is 5.50 Å². The molecule has 3 N–H and O–H groups in total. The van der Waals surface area contributed by atoms with Crippen molar-refractivity contribution in [1.82, 2.24) is 0 Å². The van der Waals surface area contributed by atoms with Crippen molar-refractivity contribution < 1.29 is 17.4 Å². The van der Waals surface area contributed by atoms with Gasteiger partial charge < -0.3 is 9.05 Å². The zero-order valence-corrected chi connectivity index (χ0v) is 11.4. The molecule has 0 saturated carbocycles. The highest BCUT2D eigenvalue weighted by molar-refractivity contribution is 7.69. The van der Waals surface area contributed by atoms with Crippen molar-refractivity contribution in [3.63, 3.8) is 0 Å². The van der Waals surface area contributed by atoms with Crippen LogP contribution in [0.15, 0.2) is 13.5 Å². The molecule has 0 bridgehead atoms. The molecule has 7 nitrogen and oxygen atoms in total. The molecular weight excluding hydrogens is 288 g/mol. The van der Waals surface area contributed by atoms with Crippen LogP contribution >= 0.6 is 32.5 Å². The summed E-state index contributed by atoms with van der Waals surface area (Å²) in [7, 11) is -6.90. The fourth-order valence-electron chi connectivity index (χ4n) is 0.437. The lowest BCUT2D eigenvalue weighted by Crippen LogP contribution is -1.77. The first-order valence-corrected chi connectivity index (χ1v) is 7.97. The van der Waals surface area contributed by atoms with E-state index in [0.717, 1.165) is 14.2 Å². The highest BCUT2D eigenvalue weighted by atomic mass is 31.3. The van der Waals surface area contributed by atoms with Gasteiger partial charge in [-0.2, -0.15) is 17.4 Å². The lowest BCUT2D eigenvalue weighted by atomic mass is 11.8. The average molecular weight is 297 g/mol. The Balaban J connectivity index is 5.48. The quantitative estimate of drug-likeness (QED) is 0.716. The molecule has 15 heavy (non-hydrogen) atoms. The van der Waals surface area contributed by atoms with Gasteiger partial charge in [0.05, 0.1) is 8.52 Å². The van der Waals surface area contributed by atoms with Crippen LogP contribution in [0, 0.1) is 5.16 Å². The van der Waals surface area contributed by atoms with E-state index in [1.807, 2.05) is 0 Å². The van der Waals surface area contributed by atoms with Gasteiger partial charge in [-0.1, -0.05) is 0 Å². The van der Waals surface area contributed by atoms with Crippen LogP contribution in [0.4, 0.5) is 8.39 Å². The Morgan fingerprint density at radius 3 is 2.13 bits per heavy atom. The lowest BCUT2D eigenvalue weighted by molar-refractivity contribution is 0.408. The number of hydrogen-bond donors (Lipinski definition) is 2. The van der Waals surface area contributed by atoms with Crippen molar-refractivity contribution in [1.29, 1.82) is 5.16 Å². The van der Waals surface area contributed by atoms with Gasteiger partial charge in [0.25, 0.3) is 0 Å². The lowest BCUT2D eigenvalue weighted by Gasteiger charge is -2.10. The molecule has 0 aromatic carbocycles. The van der Waals surface area contributed by atoms with Crippen molar-refractivity contribution in [2.45, 2.75) is 0 Å². The molecule has 0 aliphatic carbocycles. The minimum atomic E-state index is -4.17. The van der Waals surface area contributed by atoms with Gasteiger partial charge in [0.2, 0.25) is 0 Å². The highest BCUT2D eigenvalue weighted by Crippen LogP contribution is 2.68. The molecule has 2 unspecified atom stereocenters. The van der Waals surface area contributed by atoms with Gasteiger partial charge in [-0.05, 0) is 0 Å². The molecule has 0 heterocycles. The third-order valence-electron chi connectivity index (χ3n) is 1.00. The standard InChI is InChI=1S/C2H9F2N5O2P4/c1-10-14(3,7-12-5)9-15(4,11-2)8-13-6/h5H,1-2H3,(H2,6,8). The SMILES string of the molecule is COP(F)(=NP=N)N=P(F)(N=PN)OC. The fourth-order valence-corrected chi connectivity index (χ4v) is 4.57. The number of nitrogens with two attached hydrogens (primary N) is 1. The summed E-state index contributed by atoms with van der Waals surface area (Å²) in [5.74, 6) is 0. The number of halogens is 2. The minimum absolute atomic E-state index is 0.161. The summed E-state index contributed by atoms with van der Waals surface area (Å²) in [6.07, 6.45) is 0. The maximum atomic E-state index is 13.6. The molecule has 2 atom stereocenters. The summed E-state index contributed by atoms with van der Waals surface area (Å²) in [5, 5.41) is 6.67. The van der Waals surface area contributed by atoms with Gasteiger partial charge in [-0.15, -0.1) is 4.52 Å². The second kappa shape index (κ2) is 6.87. The van der Waals surface area contributed by atoms with Gasteiger partial charge >= 0.3 is 15.5 Å². The Hall–Kier alpha value is 0.400. The van der Waals surface area contributed by atoms with Crippen LogP contribution in [-0.2, 0) is 9.05 Å². The van der Waals surface area contributed by atoms with Crippen LogP contribution in [-0.4, -0.2) is 14.2 Å². The van der Waals surface area contributed by atoms with Gasteiger partial charge in [-0.3, -0.25) is 10.7 Å². The molecule has 88 valence electrons. The molecule has 0 fully saturated rings. The molecule has 13 heteroatoms. The molecule has 0 aliphatic heterocycles. The number of rotatable bonds is 5. The second-order valence-electron chi connectivity index (χ2n) is 1.79. The Kier molecular flexibility index (Phi) is 7.05. The normalized spacial score (nSPS) is 19.8. The third-order valence-corrected chi connectivity index (χ3v) is 6.23. The maximum absolute atomic E-state index is 13.6. The summed E-state index contributed by atoms with van der Waals surface area (Å²) in [5.41, 5.74) is 4.96. The fraction of sp³-hybridized carbons (Fsp3) is 1.00. The largest absolute Gasteiger partial charge is 0.388 e. The summed E-state index contributed by atoms with van der Waals surface area (Å²) in [6.45, 7) is 0. The maximum Gasteiger partial charge on any atom is 0.388 e. The summed E-state index contributed by atoms with van der Waals surface area (Å²) >= 11 is 0. The smallest absolute Gasteiger partial charge is 0.306 e. The monoisotopic (exact) mass is 297 g/mol. The second-order valence-corrected chi connectivity index (χ2v) is 6.99. The summed E-state index contributed by atoms with van der Waals surface area (Å²) in [4.78, 5) is 0. The van der Waals surface area contributed by atoms with Crippen LogP contribution in [0.3, 0.4) is 0 Å². The predicted molar refractivity (Wildman–Crippen MR) is 58.1 cm³/mol. The Morgan fingerprint density at radius 1 is 1.27 bits per heavy atom. The molecule has 0 rings (SSSR count). The first-order valence-electron chi connectivity index (χ1n) is 3.20. The molecule has 0 spiro atoms. The molecule has 0 aromatic rings. The summed E-state index contributed by atoms with van der Waals surface area (Å²) in [6, 6.07) is 0. The van der Waals surface area contributed by atoms with Crippen LogP contribution in [0.1, 0.15) is 0 Å². The molecule has 0 aliphatic rings. The Bertz CT molecular complexity index is 357. The van der Waals surface area contributed by atoms with Gasteiger partial charge in [0.15, 0.2) is 8.52 Å². The van der Waals surface area contributed by atoms with Gasteiger partial charge in [0, 0.05) is 14.2 Å². The minimum Gasteiger partial charge on any atom is -0.306 e. The molecule has 0 aromatic heterocycles. The summed E-state index contributed by atoms with van der Waals surface area (Å²) < 4.78 is 45.1. The van der Waals surface area contributed by atoms with Crippen molar-refractivity contribution >= 4 is 32.5 Å². The molecule has 0 saturated heterocycles. The van der Waals surface area contributed by atoms with Gasteiger partial charge in [-0.25, -0.2) is 0 Å². The molecule has 0 radical (unpaired) electrons. The average Bonchev–Trinajstić information content (AvgIpc) is 2.18. The van der Waals surface area contributed by atoms with Crippen LogP contribution in [0.25, 0.3) is 0 Å². The first-order chi connectivity index (χ1) is 6.95. The van der Waals surface area contributed by atoms with Crippen molar-refractivity contribution in [2.75, 3.05) is 14.2 Å². The Morgan fingerprint density at radius 2 is 1.80 bits per heavy atom. The van der Waals surface area contributed by atoms with Crippen LogP contribution in [0.5, 0.6) is 0 Å². The van der Waals surface area contributed by atoms with E-state index in [4.69, 9.17) is 10.7 Å². The third kappa shape index (κ3) is 5.32. The number of nitrogens with zero attached hydrogens (tertiary/aromatic N) is 3. The van der Waals surface area contributed by atoms with E-state index in [9.17, 15) is 8.39 Å². The van der Waals surface area contributed by atoms with E-state index >= 15 is 0 Å². The van der Waals surface area contributed by atoms with Crippen molar-refractivity contribution in [3.8, 4) is 0 Å². The molecule has 0 amide bonds. The van der Waals surface area contributed by atoms with E-state index in [2.05, 4.69) is 22.6 Å². The highest BCUT2D eigenvalue weighted by Gasteiger charge is 2.26. The molecular formula is C2H9F2N5O2P4. The predicted octanol–water partition coefficient (Wildman–Crippen LogP) is 4.74. The van der Waals surface area contributed by atoms with Crippen LogP contribution in [0.2, 0.25) is 0 Å².